The number of carbonyl (C=O) groups excluding carboxylic acids is 1. The van der Waals surface area contributed by atoms with E-state index in [1.54, 1.807) is 0 Å². The lowest BCUT2D eigenvalue weighted by atomic mass is 9.98. The highest BCUT2D eigenvalue weighted by Gasteiger charge is 2.22. The minimum Gasteiger partial charge on any atom is -0.340 e. The number of fused-ring (bicyclic) bond motifs is 2. The number of carbonyl (C=O) groups is 1. The number of nitrogens with zero attached hydrogens (tertiary/aromatic N) is 2. The molecule has 0 spiro atoms. The smallest absolute Gasteiger partial charge is 0.315 e. The number of benzene rings is 2. The fraction of sp³-hybridized carbons (Fsp3) is 0.364. The zero-order valence-electron chi connectivity index (χ0n) is 16.2. The van der Waals surface area contributed by atoms with Crippen LogP contribution in [0.5, 0.6) is 0 Å². The number of aromatic amines is 1. The van der Waals surface area contributed by atoms with Gasteiger partial charge in [-0.15, -0.1) is 0 Å². The molecule has 6 heteroatoms. The molecule has 6 nitrogen and oxygen atoms in total. The first-order chi connectivity index (χ1) is 13.7. The Kier molecular flexibility index (Phi) is 5.58. The minimum absolute atomic E-state index is 0.156. The molecule has 0 saturated carbocycles. The summed E-state index contributed by atoms with van der Waals surface area (Å²) in [6, 6.07) is 16.7. The zero-order chi connectivity index (χ0) is 19.3. The van der Waals surface area contributed by atoms with Crippen molar-refractivity contribution in [3.63, 3.8) is 0 Å². The normalized spacial score (nSPS) is 15.2. The third kappa shape index (κ3) is 4.17. The summed E-state index contributed by atoms with van der Waals surface area (Å²) in [5.41, 5.74) is 4.75. The molecule has 0 saturated heterocycles. The highest BCUT2D eigenvalue weighted by molar-refractivity contribution is 5.75. The quantitative estimate of drug-likeness (QED) is 0.618. The Hall–Kier alpha value is -2.86. The van der Waals surface area contributed by atoms with Crippen molar-refractivity contribution in [1.29, 1.82) is 0 Å². The van der Waals surface area contributed by atoms with Gasteiger partial charge in [0, 0.05) is 25.7 Å². The Morgan fingerprint density at radius 2 is 1.93 bits per heavy atom. The zero-order valence-corrected chi connectivity index (χ0v) is 16.2. The number of H-pyrrole nitrogens is 1. The van der Waals surface area contributed by atoms with Crippen molar-refractivity contribution < 1.29 is 4.79 Å². The predicted octanol–water partition coefficient (Wildman–Crippen LogP) is 3.20. The lowest BCUT2D eigenvalue weighted by molar-refractivity contribution is 0.169. The maximum Gasteiger partial charge on any atom is 0.315 e. The lowest BCUT2D eigenvalue weighted by Gasteiger charge is -2.35. The highest BCUT2D eigenvalue weighted by Crippen LogP contribution is 2.21. The molecule has 0 aliphatic carbocycles. The topological polar surface area (TPSA) is 73.0 Å². The van der Waals surface area contributed by atoms with E-state index >= 15 is 0 Å². The number of amides is 2. The van der Waals surface area contributed by atoms with Crippen LogP contribution in [0.15, 0.2) is 48.5 Å². The van der Waals surface area contributed by atoms with Gasteiger partial charge in [0.1, 0.15) is 5.82 Å². The Bertz CT molecular complexity index is 918. The molecule has 0 radical (unpaired) electrons. The second kappa shape index (κ2) is 8.44. The van der Waals surface area contributed by atoms with Crippen molar-refractivity contribution in [2.24, 2.45) is 0 Å². The summed E-state index contributed by atoms with van der Waals surface area (Å²) in [5, 5.41) is 5.92. The van der Waals surface area contributed by atoms with E-state index in [0.717, 1.165) is 42.8 Å². The van der Waals surface area contributed by atoms with E-state index in [-0.39, 0.29) is 6.03 Å². The molecular weight excluding hydrogens is 350 g/mol. The van der Waals surface area contributed by atoms with Crippen molar-refractivity contribution in [3.05, 3.63) is 65.5 Å². The van der Waals surface area contributed by atoms with E-state index in [9.17, 15) is 4.79 Å². The monoisotopic (exact) mass is 377 g/mol. The summed E-state index contributed by atoms with van der Waals surface area (Å²) < 4.78 is 0. The average molecular weight is 377 g/mol. The van der Waals surface area contributed by atoms with Crippen LogP contribution in [-0.4, -0.2) is 40.0 Å². The standard InChI is InChI=1S/C22H27N5O/c1-2-18(27-12-11-16-7-3-4-8-17(16)15-27)13-23-22(28)24-14-21-25-19-9-5-6-10-20(19)26-21/h3-10,18H,2,11-15H2,1H3,(H,25,26)(H2,23,24,28). The van der Waals surface area contributed by atoms with Gasteiger partial charge in [0.25, 0.3) is 0 Å². The molecule has 0 bridgehead atoms. The molecule has 1 unspecified atom stereocenters. The molecule has 1 aromatic heterocycles. The SMILES string of the molecule is CCC(CNC(=O)NCc1nc2ccccc2[nH]1)N1CCc2ccccc2C1. The van der Waals surface area contributed by atoms with Gasteiger partial charge < -0.3 is 15.6 Å². The molecule has 2 aromatic carbocycles. The van der Waals surface area contributed by atoms with Crippen LogP contribution in [0.2, 0.25) is 0 Å². The fourth-order valence-corrected chi connectivity index (χ4v) is 3.89. The van der Waals surface area contributed by atoms with Crippen LogP contribution in [0.3, 0.4) is 0 Å². The van der Waals surface area contributed by atoms with E-state index in [1.807, 2.05) is 24.3 Å². The molecule has 4 rings (SSSR count). The van der Waals surface area contributed by atoms with Crippen molar-refractivity contribution in [2.75, 3.05) is 13.1 Å². The first-order valence-corrected chi connectivity index (χ1v) is 9.99. The van der Waals surface area contributed by atoms with Crippen LogP contribution in [-0.2, 0) is 19.5 Å². The largest absolute Gasteiger partial charge is 0.340 e. The van der Waals surface area contributed by atoms with Crippen LogP contribution in [0.25, 0.3) is 11.0 Å². The number of imidazole rings is 1. The molecular formula is C22H27N5O. The maximum atomic E-state index is 12.3. The van der Waals surface area contributed by atoms with Crippen LogP contribution in [0, 0.1) is 0 Å². The van der Waals surface area contributed by atoms with Crippen LogP contribution >= 0.6 is 0 Å². The average Bonchev–Trinajstić information content (AvgIpc) is 3.15. The van der Waals surface area contributed by atoms with Crippen LogP contribution in [0.4, 0.5) is 4.79 Å². The van der Waals surface area contributed by atoms with E-state index in [0.29, 0.717) is 19.1 Å². The summed E-state index contributed by atoms with van der Waals surface area (Å²) in [6.45, 7) is 5.20. The minimum atomic E-state index is -0.156. The molecule has 0 fully saturated rings. The van der Waals surface area contributed by atoms with Gasteiger partial charge in [-0.25, -0.2) is 9.78 Å². The van der Waals surface area contributed by atoms with Crippen LogP contribution < -0.4 is 10.6 Å². The number of hydrogen-bond donors (Lipinski definition) is 3. The van der Waals surface area contributed by atoms with Crippen molar-refractivity contribution in [1.82, 2.24) is 25.5 Å². The Labute approximate surface area is 165 Å². The number of urea groups is 1. The van der Waals surface area contributed by atoms with Crippen LogP contribution in [0.1, 0.15) is 30.3 Å². The van der Waals surface area contributed by atoms with E-state index in [1.165, 1.54) is 11.1 Å². The molecule has 2 heterocycles. The van der Waals surface area contributed by atoms with Gasteiger partial charge in [-0.2, -0.15) is 0 Å². The van der Waals surface area contributed by atoms with Gasteiger partial charge in [-0.05, 0) is 36.1 Å². The summed E-state index contributed by atoms with van der Waals surface area (Å²) >= 11 is 0. The molecule has 28 heavy (non-hydrogen) atoms. The van der Waals surface area contributed by atoms with Crippen molar-refractivity contribution in [2.45, 2.75) is 38.9 Å². The van der Waals surface area contributed by atoms with Gasteiger partial charge in [-0.1, -0.05) is 43.3 Å². The van der Waals surface area contributed by atoms with Crippen molar-refractivity contribution in [3.8, 4) is 0 Å². The van der Waals surface area contributed by atoms with Gasteiger partial charge >= 0.3 is 6.03 Å². The summed E-state index contributed by atoms with van der Waals surface area (Å²) in [5.74, 6) is 0.760. The first kappa shape index (κ1) is 18.5. The third-order valence-electron chi connectivity index (χ3n) is 5.50. The summed E-state index contributed by atoms with van der Waals surface area (Å²) in [7, 11) is 0. The Balaban J connectivity index is 1.27. The number of rotatable bonds is 6. The Morgan fingerprint density at radius 1 is 1.14 bits per heavy atom. The number of para-hydroxylation sites is 2. The second-order valence-corrected chi connectivity index (χ2v) is 7.32. The summed E-state index contributed by atoms with van der Waals surface area (Å²) in [6.07, 6.45) is 2.08. The molecule has 2 amide bonds. The third-order valence-corrected chi connectivity index (χ3v) is 5.50. The number of aromatic nitrogens is 2. The molecule has 3 N–H and O–H groups in total. The van der Waals surface area contributed by atoms with Gasteiger partial charge in [0.2, 0.25) is 0 Å². The molecule has 1 atom stereocenters. The van der Waals surface area contributed by atoms with Gasteiger partial charge in [0.15, 0.2) is 0 Å². The fourth-order valence-electron chi connectivity index (χ4n) is 3.89. The number of hydrogen-bond acceptors (Lipinski definition) is 3. The maximum absolute atomic E-state index is 12.3. The first-order valence-electron chi connectivity index (χ1n) is 9.99. The Morgan fingerprint density at radius 3 is 2.75 bits per heavy atom. The van der Waals surface area contributed by atoms with Crippen molar-refractivity contribution >= 4 is 17.1 Å². The summed E-state index contributed by atoms with van der Waals surface area (Å²) in [4.78, 5) is 22.4. The van der Waals surface area contributed by atoms with E-state index in [2.05, 4.69) is 56.7 Å². The number of nitrogens with one attached hydrogen (secondary N) is 3. The van der Waals surface area contributed by atoms with E-state index in [4.69, 9.17) is 0 Å². The molecule has 1 aliphatic rings. The molecule has 1 aliphatic heterocycles. The van der Waals surface area contributed by atoms with Gasteiger partial charge in [-0.3, -0.25) is 4.90 Å². The molecule has 3 aromatic rings. The highest BCUT2D eigenvalue weighted by atomic mass is 16.2. The predicted molar refractivity (Wildman–Crippen MR) is 111 cm³/mol. The second-order valence-electron chi connectivity index (χ2n) is 7.32. The van der Waals surface area contributed by atoms with Gasteiger partial charge in [0.05, 0.1) is 17.6 Å². The lowest BCUT2D eigenvalue weighted by Crippen LogP contribution is -2.47. The molecule has 146 valence electrons. The van der Waals surface area contributed by atoms with E-state index < -0.39 is 0 Å².